The minimum absolute atomic E-state index is 0.0340. The molecule has 2 aromatic heterocycles. The lowest BCUT2D eigenvalue weighted by Crippen LogP contribution is -2.22. The summed E-state index contributed by atoms with van der Waals surface area (Å²) in [7, 11) is 0. The molecule has 0 saturated heterocycles. The fourth-order valence-electron chi connectivity index (χ4n) is 1.52. The van der Waals surface area contributed by atoms with E-state index in [1.165, 1.54) is 15.8 Å². The third-order valence-corrected chi connectivity index (χ3v) is 3.74. The molecule has 6 nitrogen and oxygen atoms in total. The summed E-state index contributed by atoms with van der Waals surface area (Å²) in [5.41, 5.74) is -0.0340. The van der Waals surface area contributed by atoms with E-state index in [1.54, 1.807) is 11.3 Å². The summed E-state index contributed by atoms with van der Waals surface area (Å²) in [4.78, 5) is 11.9. The summed E-state index contributed by atoms with van der Waals surface area (Å²) in [5.74, 6) is -1.06. The number of thiophene rings is 1. The van der Waals surface area contributed by atoms with Crippen molar-refractivity contribution in [3.63, 3.8) is 0 Å². The highest BCUT2D eigenvalue weighted by Crippen LogP contribution is 2.21. The molecular formula is C11H13ClN4O2S. The SMILES string of the molecule is O=C(O)c1cn(CCNCCc2ccc(Cl)s2)nn1. The fraction of sp³-hybridized carbons (Fsp3) is 0.364. The van der Waals surface area contributed by atoms with E-state index in [1.807, 2.05) is 12.1 Å². The highest BCUT2D eigenvalue weighted by atomic mass is 35.5. The van der Waals surface area contributed by atoms with Gasteiger partial charge in [0.05, 0.1) is 17.1 Å². The van der Waals surface area contributed by atoms with Gasteiger partial charge in [-0.15, -0.1) is 16.4 Å². The molecule has 2 aromatic rings. The molecule has 0 aromatic carbocycles. The fourth-order valence-corrected chi connectivity index (χ4v) is 2.61. The van der Waals surface area contributed by atoms with Crippen LogP contribution in [0.25, 0.3) is 0 Å². The van der Waals surface area contributed by atoms with Crippen LogP contribution in [-0.4, -0.2) is 39.2 Å². The van der Waals surface area contributed by atoms with Gasteiger partial charge in [-0.3, -0.25) is 4.68 Å². The van der Waals surface area contributed by atoms with Gasteiger partial charge in [-0.1, -0.05) is 16.8 Å². The van der Waals surface area contributed by atoms with Crippen LogP contribution in [0.5, 0.6) is 0 Å². The summed E-state index contributed by atoms with van der Waals surface area (Å²) in [6.45, 7) is 2.14. The number of halogens is 1. The lowest BCUT2D eigenvalue weighted by Gasteiger charge is -2.03. The Morgan fingerprint density at radius 3 is 2.95 bits per heavy atom. The number of rotatable bonds is 7. The van der Waals surface area contributed by atoms with Crippen LogP contribution in [0.2, 0.25) is 4.34 Å². The van der Waals surface area contributed by atoms with Crippen LogP contribution in [0.4, 0.5) is 0 Å². The van der Waals surface area contributed by atoms with Gasteiger partial charge in [0.2, 0.25) is 0 Å². The number of hydrogen-bond donors (Lipinski definition) is 2. The molecule has 0 saturated carbocycles. The van der Waals surface area contributed by atoms with E-state index in [-0.39, 0.29) is 5.69 Å². The number of aromatic nitrogens is 3. The Balaban J connectivity index is 1.65. The lowest BCUT2D eigenvalue weighted by molar-refractivity contribution is 0.0690. The first-order valence-corrected chi connectivity index (χ1v) is 6.93. The van der Waals surface area contributed by atoms with E-state index < -0.39 is 5.97 Å². The van der Waals surface area contributed by atoms with Gasteiger partial charge >= 0.3 is 5.97 Å². The summed E-state index contributed by atoms with van der Waals surface area (Å²) in [6, 6.07) is 3.91. The van der Waals surface area contributed by atoms with E-state index >= 15 is 0 Å². The van der Waals surface area contributed by atoms with Crippen molar-refractivity contribution in [1.29, 1.82) is 0 Å². The van der Waals surface area contributed by atoms with Gasteiger partial charge in [0.15, 0.2) is 5.69 Å². The smallest absolute Gasteiger partial charge is 0.358 e. The zero-order valence-electron chi connectivity index (χ0n) is 10.0. The third kappa shape index (κ3) is 4.30. The molecule has 0 aliphatic carbocycles. The molecule has 0 fully saturated rings. The molecular weight excluding hydrogens is 288 g/mol. The molecule has 0 aliphatic rings. The van der Waals surface area contributed by atoms with Crippen molar-refractivity contribution in [3.05, 3.63) is 33.2 Å². The first-order valence-electron chi connectivity index (χ1n) is 5.73. The van der Waals surface area contributed by atoms with Crippen molar-refractivity contribution in [2.45, 2.75) is 13.0 Å². The Hall–Kier alpha value is -1.44. The van der Waals surface area contributed by atoms with E-state index in [4.69, 9.17) is 16.7 Å². The molecule has 2 N–H and O–H groups in total. The maximum absolute atomic E-state index is 10.6. The number of carboxylic acid groups (broad SMARTS) is 1. The topological polar surface area (TPSA) is 80.0 Å². The van der Waals surface area contributed by atoms with E-state index in [0.717, 1.165) is 17.3 Å². The highest BCUT2D eigenvalue weighted by molar-refractivity contribution is 7.16. The van der Waals surface area contributed by atoms with Crippen molar-refractivity contribution in [2.75, 3.05) is 13.1 Å². The van der Waals surface area contributed by atoms with Crippen molar-refractivity contribution < 1.29 is 9.90 Å². The Kier molecular flexibility index (Phi) is 4.89. The van der Waals surface area contributed by atoms with Crippen LogP contribution in [-0.2, 0) is 13.0 Å². The molecule has 8 heteroatoms. The molecule has 0 atom stereocenters. The third-order valence-electron chi connectivity index (χ3n) is 2.45. The molecule has 0 spiro atoms. The Morgan fingerprint density at radius 1 is 1.47 bits per heavy atom. The Labute approximate surface area is 119 Å². The number of hydrogen-bond acceptors (Lipinski definition) is 5. The number of aromatic carboxylic acids is 1. The van der Waals surface area contributed by atoms with Crippen LogP contribution in [0.1, 0.15) is 15.4 Å². The standard InChI is InChI=1S/C11H13ClN4O2S/c12-10-2-1-8(19-10)3-4-13-5-6-16-7-9(11(17)18)14-15-16/h1-2,7,13H,3-6H2,(H,17,18). The second-order valence-corrected chi connectivity index (χ2v) is 5.68. The lowest BCUT2D eigenvalue weighted by atomic mass is 10.3. The minimum Gasteiger partial charge on any atom is -0.476 e. The first-order chi connectivity index (χ1) is 9.15. The first kappa shape index (κ1) is 14.0. The van der Waals surface area contributed by atoms with E-state index in [2.05, 4.69) is 15.6 Å². The molecule has 0 aliphatic heterocycles. The average Bonchev–Trinajstić information content (AvgIpc) is 2.98. The maximum atomic E-state index is 10.6. The van der Waals surface area contributed by atoms with Gasteiger partial charge in [-0.25, -0.2) is 4.79 Å². The molecule has 0 amide bonds. The maximum Gasteiger partial charge on any atom is 0.358 e. The average molecular weight is 301 g/mol. The number of carbonyl (C=O) groups is 1. The molecule has 0 unspecified atom stereocenters. The van der Waals surface area contributed by atoms with E-state index in [0.29, 0.717) is 13.1 Å². The minimum atomic E-state index is -1.06. The quantitative estimate of drug-likeness (QED) is 0.758. The molecule has 0 bridgehead atoms. The highest BCUT2D eigenvalue weighted by Gasteiger charge is 2.07. The summed E-state index contributed by atoms with van der Waals surface area (Å²) in [5, 5.41) is 19.2. The van der Waals surface area contributed by atoms with Gasteiger partial charge < -0.3 is 10.4 Å². The number of nitrogens with one attached hydrogen (secondary N) is 1. The molecule has 102 valence electrons. The summed E-state index contributed by atoms with van der Waals surface area (Å²) < 4.78 is 2.32. The second kappa shape index (κ2) is 6.65. The van der Waals surface area contributed by atoms with Gasteiger partial charge in [0.1, 0.15) is 0 Å². The van der Waals surface area contributed by atoms with Gasteiger partial charge in [-0.2, -0.15) is 0 Å². The van der Waals surface area contributed by atoms with Crippen LogP contribution in [0.3, 0.4) is 0 Å². The predicted molar refractivity (Wildman–Crippen MR) is 72.9 cm³/mol. The van der Waals surface area contributed by atoms with Crippen molar-refractivity contribution >= 4 is 28.9 Å². The Morgan fingerprint density at radius 2 is 2.32 bits per heavy atom. The zero-order valence-corrected chi connectivity index (χ0v) is 11.6. The monoisotopic (exact) mass is 300 g/mol. The largest absolute Gasteiger partial charge is 0.476 e. The molecule has 19 heavy (non-hydrogen) atoms. The van der Waals surface area contributed by atoms with Crippen LogP contribution in [0.15, 0.2) is 18.3 Å². The normalized spacial score (nSPS) is 10.8. The van der Waals surface area contributed by atoms with Crippen LogP contribution < -0.4 is 5.32 Å². The Bertz CT molecular complexity index is 554. The van der Waals surface area contributed by atoms with Crippen LogP contribution >= 0.6 is 22.9 Å². The molecule has 2 rings (SSSR count). The number of carboxylic acids is 1. The number of nitrogens with zero attached hydrogens (tertiary/aromatic N) is 3. The molecule has 0 radical (unpaired) electrons. The van der Waals surface area contributed by atoms with Gasteiger partial charge in [0.25, 0.3) is 0 Å². The van der Waals surface area contributed by atoms with Gasteiger partial charge in [0, 0.05) is 18.0 Å². The van der Waals surface area contributed by atoms with Crippen molar-refractivity contribution in [3.8, 4) is 0 Å². The van der Waals surface area contributed by atoms with Gasteiger partial charge in [-0.05, 0) is 18.6 Å². The summed E-state index contributed by atoms with van der Waals surface area (Å²) in [6.07, 6.45) is 2.35. The zero-order chi connectivity index (χ0) is 13.7. The van der Waals surface area contributed by atoms with E-state index in [9.17, 15) is 4.79 Å². The predicted octanol–water partition coefficient (Wildman–Crippen LogP) is 1.52. The van der Waals surface area contributed by atoms with Crippen LogP contribution in [0, 0.1) is 0 Å². The molecule has 2 heterocycles. The van der Waals surface area contributed by atoms with Crippen molar-refractivity contribution in [2.24, 2.45) is 0 Å². The van der Waals surface area contributed by atoms with Crippen molar-refractivity contribution in [1.82, 2.24) is 20.3 Å². The second-order valence-electron chi connectivity index (χ2n) is 3.88. The summed E-state index contributed by atoms with van der Waals surface area (Å²) >= 11 is 7.42.